The van der Waals surface area contributed by atoms with Crippen LogP contribution in [0.3, 0.4) is 0 Å². The maximum Gasteiger partial charge on any atom is 0.286 e. The van der Waals surface area contributed by atoms with Crippen molar-refractivity contribution in [1.82, 2.24) is 0 Å². The lowest BCUT2D eigenvalue weighted by molar-refractivity contribution is 0.323. The first-order chi connectivity index (χ1) is 8.03. The van der Waals surface area contributed by atoms with Crippen LogP contribution in [0.25, 0.3) is 0 Å². The number of fused-ring (bicyclic) bond motifs is 1. The second-order valence-corrected chi connectivity index (χ2v) is 6.30. The van der Waals surface area contributed by atoms with Gasteiger partial charge in [0.1, 0.15) is 4.90 Å². The van der Waals surface area contributed by atoms with Crippen molar-refractivity contribution in [2.45, 2.75) is 4.90 Å². The Morgan fingerprint density at radius 2 is 2.24 bits per heavy atom. The van der Waals surface area contributed by atoms with Crippen LogP contribution < -0.4 is 5.32 Å². The van der Waals surface area contributed by atoms with E-state index < -0.39 is 10.0 Å². The number of hydrogen-bond donors (Lipinski definition) is 2. The Morgan fingerprint density at radius 3 is 2.94 bits per heavy atom. The highest BCUT2D eigenvalue weighted by molar-refractivity contribution is 8.14. The largest absolute Gasteiger partial charge is 0.396 e. The van der Waals surface area contributed by atoms with Crippen LogP contribution in [0.1, 0.15) is 0 Å². The van der Waals surface area contributed by atoms with Crippen molar-refractivity contribution in [2.75, 3.05) is 17.7 Å². The molecule has 0 saturated heterocycles. The van der Waals surface area contributed by atoms with E-state index in [9.17, 15) is 8.42 Å². The summed E-state index contributed by atoms with van der Waals surface area (Å²) in [4.78, 5) is 0.0679. The van der Waals surface area contributed by atoms with Gasteiger partial charge in [0, 0.05) is 10.8 Å². The molecule has 1 aliphatic rings. The van der Waals surface area contributed by atoms with Gasteiger partial charge in [0.25, 0.3) is 10.0 Å². The van der Waals surface area contributed by atoms with Gasteiger partial charge in [0.15, 0.2) is 5.17 Å². The van der Waals surface area contributed by atoms with E-state index in [2.05, 4.69) is 9.71 Å². The Kier molecular flexibility index (Phi) is 3.62. The molecule has 92 valence electrons. The number of aliphatic hydroxyl groups excluding tert-OH is 1. The Labute approximate surface area is 108 Å². The molecule has 2 N–H and O–H groups in total. The molecule has 0 radical (unpaired) electrons. The van der Waals surface area contributed by atoms with E-state index in [4.69, 9.17) is 16.7 Å². The first kappa shape index (κ1) is 12.7. The molecule has 0 bridgehead atoms. The lowest BCUT2D eigenvalue weighted by Crippen LogP contribution is -2.19. The topological polar surface area (TPSA) is 78.8 Å². The van der Waals surface area contributed by atoms with E-state index in [1.165, 1.54) is 6.07 Å². The molecule has 0 amide bonds. The Hall–Kier alpha value is -0.760. The van der Waals surface area contributed by atoms with E-state index in [0.717, 1.165) is 11.8 Å². The fourth-order valence-electron chi connectivity index (χ4n) is 1.31. The second kappa shape index (κ2) is 4.85. The molecule has 1 aromatic carbocycles. The third-order valence-corrected chi connectivity index (χ3v) is 4.52. The maximum atomic E-state index is 11.8. The van der Waals surface area contributed by atoms with Gasteiger partial charge in [-0.15, -0.1) is 4.40 Å². The van der Waals surface area contributed by atoms with Crippen molar-refractivity contribution in [1.29, 1.82) is 0 Å². The van der Waals surface area contributed by atoms with Crippen LogP contribution in [-0.4, -0.2) is 31.1 Å². The molecular weight excluding hydrogens is 284 g/mol. The number of nitrogens with zero attached hydrogens (tertiary/aromatic N) is 1. The van der Waals surface area contributed by atoms with Gasteiger partial charge in [-0.25, -0.2) is 0 Å². The molecular formula is C9H9ClN2O3S2. The van der Waals surface area contributed by atoms with Gasteiger partial charge in [0.05, 0.1) is 12.3 Å². The second-order valence-electron chi connectivity index (χ2n) is 3.21. The van der Waals surface area contributed by atoms with Crippen molar-refractivity contribution >= 4 is 44.2 Å². The van der Waals surface area contributed by atoms with Crippen molar-refractivity contribution < 1.29 is 13.5 Å². The van der Waals surface area contributed by atoms with E-state index in [1.807, 2.05) is 0 Å². The zero-order valence-corrected chi connectivity index (χ0v) is 10.9. The first-order valence-corrected chi connectivity index (χ1v) is 7.48. The summed E-state index contributed by atoms with van der Waals surface area (Å²) in [6.07, 6.45) is 0. The summed E-state index contributed by atoms with van der Waals surface area (Å²) in [5.41, 5.74) is 0.449. The van der Waals surface area contributed by atoms with Gasteiger partial charge in [-0.3, -0.25) is 0 Å². The van der Waals surface area contributed by atoms with Crippen molar-refractivity contribution in [3.8, 4) is 0 Å². The summed E-state index contributed by atoms with van der Waals surface area (Å²) in [7, 11) is -3.71. The molecule has 0 aromatic heterocycles. The quantitative estimate of drug-likeness (QED) is 0.864. The van der Waals surface area contributed by atoms with Gasteiger partial charge < -0.3 is 10.4 Å². The summed E-state index contributed by atoms with van der Waals surface area (Å²) in [6.45, 7) is -0.0428. The molecule has 0 saturated carbocycles. The number of amidine groups is 1. The molecule has 5 nitrogen and oxygen atoms in total. The molecule has 0 unspecified atom stereocenters. The van der Waals surface area contributed by atoms with Crippen LogP contribution in [0, 0.1) is 0 Å². The summed E-state index contributed by atoms with van der Waals surface area (Å²) in [5, 5.41) is 12.2. The summed E-state index contributed by atoms with van der Waals surface area (Å²) in [6, 6.07) is 4.54. The molecule has 1 aliphatic heterocycles. The van der Waals surface area contributed by atoms with Crippen molar-refractivity contribution in [3.63, 3.8) is 0 Å². The minimum Gasteiger partial charge on any atom is -0.396 e. The molecule has 0 fully saturated rings. The monoisotopic (exact) mass is 292 g/mol. The molecule has 0 spiro atoms. The Balaban J connectivity index is 2.40. The summed E-state index contributed by atoms with van der Waals surface area (Å²) in [5.74, 6) is 0.379. The predicted octanol–water partition coefficient (Wildman–Crippen LogP) is 1.54. The van der Waals surface area contributed by atoms with Gasteiger partial charge >= 0.3 is 0 Å². The van der Waals surface area contributed by atoms with E-state index in [1.54, 1.807) is 12.1 Å². The van der Waals surface area contributed by atoms with E-state index >= 15 is 0 Å². The predicted molar refractivity (Wildman–Crippen MR) is 69.2 cm³/mol. The Bertz CT molecular complexity index is 572. The number of sulfonamides is 1. The highest BCUT2D eigenvalue weighted by Crippen LogP contribution is 2.31. The third-order valence-electron chi connectivity index (χ3n) is 2.00. The molecule has 0 aliphatic carbocycles. The zero-order valence-electron chi connectivity index (χ0n) is 8.55. The molecule has 2 rings (SSSR count). The number of thioether (sulfide) groups is 1. The van der Waals surface area contributed by atoms with Gasteiger partial charge in [-0.2, -0.15) is 8.42 Å². The van der Waals surface area contributed by atoms with Gasteiger partial charge in [0.2, 0.25) is 0 Å². The standard InChI is InChI=1S/C9H9ClN2O3S2/c10-6-1-2-7-8(5-6)17(14,15)12-9(11-7)16-4-3-13/h1-2,5,13H,3-4H2,(H,11,12). The number of benzene rings is 1. The van der Waals surface area contributed by atoms with Crippen LogP contribution in [-0.2, 0) is 10.0 Å². The highest BCUT2D eigenvalue weighted by Gasteiger charge is 2.25. The summed E-state index contributed by atoms with van der Waals surface area (Å²) < 4.78 is 27.3. The van der Waals surface area contributed by atoms with Crippen LogP contribution in [0.5, 0.6) is 0 Å². The first-order valence-electron chi connectivity index (χ1n) is 4.68. The smallest absolute Gasteiger partial charge is 0.286 e. The fourth-order valence-corrected chi connectivity index (χ4v) is 3.56. The number of anilines is 1. The van der Waals surface area contributed by atoms with Crippen LogP contribution >= 0.6 is 23.4 Å². The maximum absolute atomic E-state index is 11.8. The normalized spacial score (nSPS) is 16.9. The third kappa shape index (κ3) is 2.74. The fraction of sp³-hybridized carbons (Fsp3) is 0.222. The summed E-state index contributed by atoms with van der Waals surface area (Å²) >= 11 is 6.89. The number of hydrogen-bond acceptors (Lipinski definition) is 5. The highest BCUT2D eigenvalue weighted by atomic mass is 35.5. The molecule has 1 aromatic rings. The minimum atomic E-state index is -3.71. The number of halogens is 1. The van der Waals surface area contributed by atoms with E-state index in [-0.39, 0.29) is 16.7 Å². The lowest BCUT2D eigenvalue weighted by Gasteiger charge is -2.17. The van der Waals surface area contributed by atoms with Crippen LogP contribution in [0.4, 0.5) is 5.69 Å². The zero-order chi connectivity index (χ0) is 12.5. The van der Waals surface area contributed by atoms with E-state index in [0.29, 0.717) is 16.5 Å². The lowest BCUT2D eigenvalue weighted by atomic mass is 10.3. The van der Waals surface area contributed by atoms with Crippen molar-refractivity contribution in [2.24, 2.45) is 4.40 Å². The Morgan fingerprint density at radius 1 is 1.47 bits per heavy atom. The van der Waals surface area contributed by atoms with Crippen LogP contribution in [0.2, 0.25) is 5.02 Å². The molecule has 1 heterocycles. The molecule has 17 heavy (non-hydrogen) atoms. The molecule has 8 heteroatoms. The van der Waals surface area contributed by atoms with Gasteiger partial charge in [-0.05, 0) is 18.2 Å². The molecule has 0 atom stereocenters. The van der Waals surface area contributed by atoms with Crippen molar-refractivity contribution in [3.05, 3.63) is 23.2 Å². The average Bonchev–Trinajstić information content (AvgIpc) is 2.27. The minimum absolute atomic E-state index is 0.0428. The van der Waals surface area contributed by atoms with Crippen LogP contribution in [0.15, 0.2) is 27.5 Å². The average molecular weight is 293 g/mol. The van der Waals surface area contributed by atoms with Gasteiger partial charge in [-0.1, -0.05) is 23.4 Å². The number of aliphatic hydroxyl groups is 1. The SMILES string of the molecule is O=S1(=O)N=C(SCCO)Nc2ccc(Cl)cc21. The number of nitrogens with one attached hydrogen (secondary N) is 1. The number of rotatable bonds is 2.